The van der Waals surface area contributed by atoms with Crippen molar-refractivity contribution in [3.8, 4) is 17.0 Å². The molecule has 216 valence electrons. The molecule has 1 unspecified atom stereocenters. The molecule has 0 radical (unpaired) electrons. The first-order valence-corrected chi connectivity index (χ1v) is 14.7. The third-order valence-corrected chi connectivity index (χ3v) is 7.81. The van der Waals surface area contributed by atoms with Gasteiger partial charge in [-0.05, 0) is 23.6 Å². The molecule has 2 N–H and O–H groups in total. The summed E-state index contributed by atoms with van der Waals surface area (Å²) in [6, 6.07) is 37.1. The van der Waals surface area contributed by atoms with Crippen molar-refractivity contribution in [1.29, 1.82) is 0 Å². The summed E-state index contributed by atoms with van der Waals surface area (Å²) >= 11 is 0. The summed E-state index contributed by atoms with van der Waals surface area (Å²) in [7, 11) is 0. The van der Waals surface area contributed by atoms with E-state index < -0.39 is 0 Å². The number of fused-ring (bicyclic) bond motifs is 1. The molecule has 7 heteroatoms. The average Bonchev–Trinajstić information content (AvgIpc) is 3.44. The molecular formula is C36H34N4O3. The number of rotatable bonds is 10. The van der Waals surface area contributed by atoms with Crippen LogP contribution in [-0.2, 0) is 4.79 Å². The summed E-state index contributed by atoms with van der Waals surface area (Å²) in [5, 5.41) is 7.26. The van der Waals surface area contributed by atoms with Gasteiger partial charge in [-0.1, -0.05) is 116 Å². The number of ether oxygens (including phenoxy) is 1. The number of hydrogen-bond acceptors (Lipinski definition) is 5. The highest BCUT2D eigenvalue weighted by atomic mass is 16.5. The summed E-state index contributed by atoms with van der Waals surface area (Å²) in [5.41, 5.74) is 4.61. The fraction of sp³-hybridized carbons (Fsp3) is 0.194. The Morgan fingerprint density at radius 1 is 0.930 bits per heavy atom. The minimum Gasteiger partial charge on any atom is -0.489 e. The standard InChI is InChI=1S/C36H34N4O3/c1-2-29(25-14-6-3-7-15-25)39-36(42)32-28-20-12-13-21-30(28)38-33(26-16-8-4-9-17-26)34(32)43-23-22-40-31(41)24-37-35(40)27-18-10-5-11-19-27/h3-21,29,35,37H,2,22-24H2,1H3,(H,39,42)/t29-,35?/m0/s1. The lowest BCUT2D eigenvalue weighted by atomic mass is 10.00. The highest BCUT2D eigenvalue weighted by Gasteiger charge is 2.32. The Morgan fingerprint density at radius 2 is 1.58 bits per heavy atom. The van der Waals surface area contributed by atoms with Gasteiger partial charge in [0.15, 0.2) is 5.75 Å². The van der Waals surface area contributed by atoms with Gasteiger partial charge in [-0.25, -0.2) is 4.98 Å². The van der Waals surface area contributed by atoms with Gasteiger partial charge in [-0.15, -0.1) is 0 Å². The Labute approximate surface area is 251 Å². The van der Waals surface area contributed by atoms with Crippen molar-refractivity contribution in [2.45, 2.75) is 25.6 Å². The second-order valence-corrected chi connectivity index (χ2v) is 10.5. The van der Waals surface area contributed by atoms with Crippen molar-refractivity contribution in [2.24, 2.45) is 0 Å². The summed E-state index contributed by atoms with van der Waals surface area (Å²) in [6.07, 6.45) is 0.491. The Kier molecular flexibility index (Phi) is 8.42. The molecule has 1 fully saturated rings. The highest BCUT2D eigenvalue weighted by molar-refractivity contribution is 6.10. The average molecular weight is 571 g/mol. The summed E-state index contributed by atoms with van der Waals surface area (Å²) in [5.74, 6) is 0.174. The number of para-hydroxylation sites is 1. The minimum atomic E-state index is -0.237. The molecule has 7 nitrogen and oxygen atoms in total. The molecule has 2 heterocycles. The van der Waals surface area contributed by atoms with Crippen LogP contribution in [-0.4, -0.2) is 41.4 Å². The van der Waals surface area contributed by atoms with Gasteiger partial charge in [0.1, 0.15) is 18.5 Å². The molecule has 4 aromatic carbocycles. The van der Waals surface area contributed by atoms with E-state index in [9.17, 15) is 9.59 Å². The van der Waals surface area contributed by atoms with E-state index in [0.717, 1.165) is 23.1 Å². The second-order valence-electron chi connectivity index (χ2n) is 10.5. The Morgan fingerprint density at radius 3 is 2.30 bits per heavy atom. The fourth-order valence-corrected chi connectivity index (χ4v) is 5.66. The molecule has 0 saturated carbocycles. The van der Waals surface area contributed by atoms with Crippen molar-refractivity contribution in [3.63, 3.8) is 0 Å². The normalized spacial score (nSPS) is 15.4. The Balaban J connectivity index is 1.38. The van der Waals surface area contributed by atoms with Crippen molar-refractivity contribution in [1.82, 2.24) is 20.5 Å². The van der Waals surface area contributed by atoms with Crippen LogP contribution in [0.25, 0.3) is 22.2 Å². The number of carbonyl (C=O) groups excluding carboxylic acids is 2. The number of nitrogens with zero attached hydrogens (tertiary/aromatic N) is 2. The van der Waals surface area contributed by atoms with Crippen LogP contribution in [0.2, 0.25) is 0 Å². The predicted molar refractivity (Wildman–Crippen MR) is 169 cm³/mol. The molecule has 0 spiro atoms. The molecule has 1 aliphatic heterocycles. The second kappa shape index (κ2) is 12.9. The zero-order chi connectivity index (χ0) is 29.6. The van der Waals surface area contributed by atoms with Crippen LogP contribution >= 0.6 is 0 Å². The van der Waals surface area contributed by atoms with E-state index >= 15 is 0 Å². The van der Waals surface area contributed by atoms with Crippen molar-refractivity contribution < 1.29 is 14.3 Å². The number of benzene rings is 4. The van der Waals surface area contributed by atoms with Gasteiger partial charge in [0.2, 0.25) is 5.91 Å². The van der Waals surface area contributed by atoms with Crippen LogP contribution in [0.3, 0.4) is 0 Å². The van der Waals surface area contributed by atoms with E-state index in [1.54, 1.807) is 4.90 Å². The van der Waals surface area contributed by atoms with Crippen LogP contribution in [0.4, 0.5) is 0 Å². The van der Waals surface area contributed by atoms with Gasteiger partial charge in [0.05, 0.1) is 30.2 Å². The zero-order valence-corrected chi connectivity index (χ0v) is 24.1. The first-order chi connectivity index (χ1) is 21.1. The van der Waals surface area contributed by atoms with Gasteiger partial charge >= 0.3 is 0 Å². The maximum atomic E-state index is 14.2. The van der Waals surface area contributed by atoms with Gasteiger partial charge in [0, 0.05) is 10.9 Å². The smallest absolute Gasteiger partial charge is 0.256 e. The van der Waals surface area contributed by atoms with Gasteiger partial charge < -0.3 is 15.0 Å². The van der Waals surface area contributed by atoms with Crippen LogP contribution in [0.15, 0.2) is 115 Å². The third-order valence-electron chi connectivity index (χ3n) is 7.81. The van der Waals surface area contributed by atoms with E-state index in [1.165, 1.54) is 0 Å². The van der Waals surface area contributed by atoms with Gasteiger partial charge in [0.25, 0.3) is 5.91 Å². The van der Waals surface area contributed by atoms with Gasteiger partial charge in [-0.3, -0.25) is 14.9 Å². The van der Waals surface area contributed by atoms with Crippen LogP contribution in [0.5, 0.6) is 5.75 Å². The molecule has 0 aliphatic carbocycles. The van der Waals surface area contributed by atoms with Crippen molar-refractivity contribution in [2.75, 3.05) is 19.7 Å². The molecule has 2 atom stereocenters. The molecule has 6 rings (SSSR count). The van der Waals surface area contributed by atoms with E-state index in [0.29, 0.717) is 34.5 Å². The van der Waals surface area contributed by atoms with E-state index in [2.05, 4.69) is 17.6 Å². The number of carbonyl (C=O) groups is 2. The lowest BCUT2D eigenvalue weighted by molar-refractivity contribution is -0.128. The molecule has 5 aromatic rings. The lowest BCUT2D eigenvalue weighted by Crippen LogP contribution is -2.34. The van der Waals surface area contributed by atoms with Crippen LogP contribution < -0.4 is 15.4 Å². The van der Waals surface area contributed by atoms with Crippen LogP contribution in [0.1, 0.15) is 47.0 Å². The summed E-state index contributed by atoms with van der Waals surface area (Å²) in [6.45, 7) is 2.85. The number of amides is 2. The Bertz CT molecular complexity index is 1710. The third kappa shape index (κ3) is 5.98. The molecule has 1 aromatic heterocycles. The van der Waals surface area contributed by atoms with E-state index in [4.69, 9.17) is 9.72 Å². The monoisotopic (exact) mass is 570 g/mol. The fourth-order valence-electron chi connectivity index (χ4n) is 5.66. The van der Waals surface area contributed by atoms with Crippen molar-refractivity contribution in [3.05, 3.63) is 132 Å². The first-order valence-electron chi connectivity index (χ1n) is 14.7. The zero-order valence-electron chi connectivity index (χ0n) is 24.1. The Hall–Kier alpha value is -5.01. The SMILES string of the molecule is CC[C@H](NC(=O)c1c(OCCN2C(=O)CNC2c2ccccc2)c(-c2ccccc2)nc2ccccc12)c1ccccc1. The maximum absolute atomic E-state index is 14.2. The number of pyridine rings is 1. The summed E-state index contributed by atoms with van der Waals surface area (Å²) in [4.78, 5) is 33.8. The number of nitrogens with one attached hydrogen (secondary N) is 2. The molecule has 0 bridgehead atoms. The van der Waals surface area contributed by atoms with Crippen molar-refractivity contribution >= 4 is 22.7 Å². The molecule has 2 amide bonds. The van der Waals surface area contributed by atoms with Gasteiger partial charge in [-0.2, -0.15) is 0 Å². The molecule has 1 aliphatic rings. The van der Waals surface area contributed by atoms with E-state index in [-0.39, 0.29) is 37.2 Å². The summed E-state index contributed by atoms with van der Waals surface area (Å²) < 4.78 is 6.52. The lowest BCUT2D eigenvalue weighted by Gasteiger charge is -2.26. The molecular weight excluding hydrogens is 536 g/mol. The highest BCUT2D eigenvalue weighted by Crippen LogP contribution is 2.37. The maximum Gasteiger partial charge on any atom is 0.256 e. The minimum absolute atomic E-state index is 0.00369. The predicted octanol–water partition coefficient (Wildman–Crippen LogP) is 6.29. The molecule has 1 saturated heterocycles. The number of aromatic nitrogens is 1. The van der Waals surface area contributed by atoms with E-state index in [1.807, 2.05) is 115 Å². The number of hydrogen-bond donors (Lipinski definition) is 2. The van der Waals surface area contributed by atoms with Crippen LogP contribution in [0, 0.1) is 0 Å². The first kappa shape index (κ1) is 28.1. The molecule has 43 heavy (non-hydrogen) atoms. The quantitative estimate of drug-likeness (QED) is 0.206. The topological polar surface area (TPSA) is 83.6 Å². The largest absolute Gasteiger partial charge is 0.489 e.